The maximum absolute atomic E-state index is 12.1. The van der Waals surface area contributed by atoms with E-state index in [0.29, 0.717) is 16.7 Å². The fraction of sp³-hybridized carbons (Fsp3) is 0.429. The van der Waals surface area contributed by atoms with Crippen LogP contribution in [-0.4, -0.2) is 16.9 Å². The normalized spacial score (nSPS) is 16.6. The highest BCUT2D eigenvalue weighted by Gasteiger charge is 2.17. The summed E-state index contributed by atoms with van der Waals surface area (Å²) in [6, 6.07) is 5.25. The van der Waals surface area contributed by atoms with Gasteiger partial charge in [0, 0.05) is 11.6 Å². The van der Waals surface area contributed by atoms with Crippen LogP contribution >= 0.6 is 0 Å². The molecule has 3 rings (SSSR count). The molecule has 0 bridgehead atoms. The monoisotopic (exact) mass is 260 g/mol. The number of carbonyl (C=O) groups is 1. The molecule has 0 atom stereocenters. The Labute approximate surface area is 110 Å². The number of carbonyl (C=O) groups excluding carboxylic acids is 1. The fourth-order valence-electron chi connectivity index (χ4n) is 2.61. The molecule has 1 saturated carbocycles. The largest absolute Gasteiger partial charge is 0.417 e. The summed E-state index contributed by atoms with van der Waals surface area (Å²) in [5.74, 6) is -0.587. The molecule has 2 aromatic rings. The first-order valence-electron chi connectivity index (χ1n) is 6.66. The lowest BCUT2D eigenvalue weighted by Gasteiger charge is -2.22. The van der Waals surface area contributed by atoms with Crippen LogP contribution in [-0.2, 0) is 0 Å². The first-order valence-corrected chi connectivity index (χ1v) is 6.66. The second-order valence-corrected chi connectivity index (χ2v) is 5.03. The maximum Gasteiger partial charge on any atom is 0.417 e. The van der Waals surface area contributed by atoms with Crippen molar-refractivity contribution in [2.24, 2.45) is 0 Å². The van der Waals surface area contributed by atoms with Gasteiger partial charge in [0.25, 0.3) is 5.91 Å². The molecule has 5 heteroatoms. The van der Waals surface area contributed by atoms with Crippen molar-refractivity contribution in [2.75, 3.05) is 0 Å². The van der Waals surface area contributed by atoms with Crippen molar-refractivity contribution >= 4 is 17.0 Å². The minimum atomic E-state index is -0.500. The van der Waals surface area contributed by atoms with Gasteiger partial charge in [-0.15, -0.1) is 0 Å². The topological polar surface area (TPSA) is 75.1 Å². The van der Waals surface area contributed by atoms with Crippen molar-refractivity contribution in [1.82, 2.24) is 10.3 Å². The second kappa shape index (κ2) is 4.91. The molecule has 0 saturated heterocycles. The molecular weight excluding hydrogens is 244 g/mol. The zero-order valence-electron chi connectivity index (χ0n) is 10.6. The van der Waals surface area contributed by atoms with Crippen LogP contribution in [0.5, 0.6) is 0 Å². The summed E-state index contributed by atoms with van der Waals surface area (Å²) in [7, 11) is 0. The highest BCUT2D eigenvalue weighted by Crippen LogP contribution is 2.18. The van der Waals surface area contributed by atoms with Crippen LogP contribution in [0.15, 0.2) is 27.4 Å². The molecule has 1 fully saturated rings. The minimum absolute atomic E-state index is 0.0872. The van der Waals surface area contributed by atoms with E-state index in [0.717, 1.165) is 12.8 Å². The molecule has 1 aromatic carbocycles. The number of hydrogen-bond acceptors (Lipinski definition) is 3. The summed E-state index contributed by atoms with van der Waals surface area (Å²) < 4.78 is 4.91. The molecule has 1 aromatic heterocycles. The summed E-state index contributed by atoms with van der Waals surface area (Å²) in [5, 5.41) is 3.05. The predicted molar refractivity (Wildman–Crippen MR) is 71.2 cm³/mol. The van der Waals surface area contributed by atoms with E-state index in [4.69, 9.17) is 4.42 Å². The number of H-pyrrole nitrogens is 1. The first-order chi connectivity index (χ1) is 9.22. The lowest BCUT2D eigenvalue weighted by atomic mass is 9.95. The van der Waals surface area contributed by atoms with Gasteiger partial charge in [-0.05, 0) is 31.0 Å². The van der Waals surface area contributed by atoms with Crippen LogP contribution < -0.4 is 11.1 Å². The molecule has 1 amide bonds. The lowest BCUT2D eigenvalue weighted by molar-refractivity contribution is 0.0928. The third-order valence-corrected chi connectivity index (χ3v) is 3.62. The third-order valence-electron chi connectivity index (χ3n) is 3.62. The van der Waals surface area contributed by atoms with E-state index < -0.39 is 5.76 Å². The summed E-state index contributed by atoms with van der Waals surface area (Å²) in [6.45, 7) is 0. The van der Waals surface area contributed by atoms with Crippen molar-refractivity contribution in [3.8, 4) is 0 Å². The average Bonchev–Trinajstić information content (AvgIpc) is 2.78. The highest BCUT2D eigenvalue weighted by atomic mass is 16.4. The molecule has 0 aliphatic heterocycles. The molecule has 19 heavy (non-hydrogen) atoms. The number of fused-ring (bicyclic) bond motifs is 1. The second-order valence-electron chi connectivity index (χ2n) is 5.03. The van der Waals surface area contributed by atoms with Crippen LogP contribution in [0.4, 0.5) is 0 Å². The zero-order valence-corrected chi connectivity index (χ0v) is 10.6. The van der Waals surface area contributed by atoms with Crippen molar-refractivity contribution < 1.29 is 9.21 Å². The van der Waals surface area contributed by atoms with Gasteiger partial charge in [0.15, 0.2) is 5.58 Å². The fourth-order valence-corrected chi connectivity index (χ4v) is 2.61. The molecule has 0 radical (unpaired) electrons. The van der Waals surface area contributed by atoms with E-state index in [9.17, 15) is 9.59 Å². The molecule has 100 valence electrons. The number of amides is 1. The standard InChI is InChI=1S/C14H16N2O3/c17-13(15-10-4-2-1-3-5-10)9-6-7-12-11(8-9)16-14(18)19-12/h6-8,10H,1-5H2,(H,15,17)(H,16,18). The van der Waals surface area contributed by atoms with Gasteiger partial charge >= 0.3 is 5.76 Å². The van der Waals surface area contributed by atoms with E-state index in [2.05, 4.69) is 10.3 Å². The Morgan fingerprint density at radius 3 is 2.84 bits per heavy atom. The molecule has 0 unspecified atom stereocenters. The average molecular weight is 260 g/mol. The Morgan fingerprint density at radius 2 is 2.05 bits per heavy atom. The van der Waals surface area contributed by atoms with E-state index >= 15 is 0 Å². The summed E-state index contributed by atoms with van der Waals surface area (Å²) in [5.41, 5.74) is 1.58. The number of oxazole rings is 1. The van der Waals surface area contributed by atoms with Gasteiger partial charge in [-0.25, -0.2) is 4.79 Å². The third kappa shape index (κ3) is 2.54. The van der Waals surface area contributed by atoms with E-state index in [1.807, 2.05) is 0 Å². The van der Waals surface area contributed by atoms with Gasteiger partial charge < -0.3 is 9.73 Å². The van der Waals surface area contributed by atoms with Crippen LogP contribution in [0.25, 0.3) is 11.1 Å². The molecule has 5 nitrogen and oxygen atoms in total. The van der Waals surface area contributed by atoms with Crippen LogP contribution in [0, 0.1) is 0 Å². The van der Waals surface area contributed by atoms with Gasteiger partial charge in [0.05, 0.1) is 5.52 Å². The highest BCUT2D eigenvalue weighted by molar-refractivity contribution is 5.97. The minimum Gasteiger partial charge on any atom is -0.408 e. The van der Waals surface area contributed by atoms with E-state index in [-0.39, 0.29) is 11.9 Å². The molecule has 2 N–H and O–H groups in total. The molecule has 1 heterocycles. The number of rotatable bonds is 2. The number of benzene rings is 1. The Hall–Kier alpha value is -2.04. The first kappa shape index (κ1) is 12.0. The number of nitrogens with one attached hydrogen (secondary N) is 2. The maximum atomic E-state index is 12.1. The van der Waals surface area contributed by atoms with Gasteiger partial charge in [0.2, 0.25) is 0 Å². The Morgan fingerprint density at radius 1 is 1.26 bits per heavy atom. The van der Waals surface area contributed by atoms with Crippen molar-refractivity contribution in [2.45, 2.75) is 38.1 Å². The van der Waals surface area contributed by atoms with Gasteiger partial charge in [-0.3, -0.25) is 9.78 Å². The van der Waals surface area contributed by atoms with Gasteiger partial charge in [0.1, 0.15) is 0 Å². The Kier molecular flexibility index (Phi) is 3.11. The van der Waals surface area contributed by atoms with Gasteiger partial charge in [-0.1, -0.05) is 19.3 Å². The number of aromatic nitrogens is 1. The van der Waals surface area contributed by atoms with Crippen LogP contribution in [0.2, 0.25) is 0 Å². The van der Waals surface area contributed by atoms with Crippen molar-refractivity contribution in [1.29, 1.82) is 0 Å². The van der Waals surface area contributed by atoms with Crippen LogP contribution in [0.3, 0.4) is 0 Å². The summed E-state index contributed by atoms with van der Waals surface area (Å²) in [4.78, 5) is 25.7. The van der Waals surface area contributed by atoms with E-state index in [1.165, 1.54) is 19.3 Å². The summed E-state index contributed by atoms with van der Waals surface area (Å²) >= 11 is 0. The molecular formula is C14H16N2O3. The number of aromatic amines is 1. The van der Waals surface area contributed by atoms with Crippen LogP contribution in [0.1, 0.15) is 42.5 Å². The molecule has 1 aliphatic carbocycles. The van der Waals surface area contributed by atoms with Gasteiger partial charge in [-0.2, -0.15) is 0 Å². The Bertz CT molecular complexity index is 650. The summed E-state index contributed by atoms with van der Waals surface area (Å²) in [6.07, 6.45) is 5.72. The predicted octanol–water partition coefficient (Wildman–Crippen LogP) is 2.18. The SMILES string of the molecule is O=C(NC1CCCCC1)c1ccc2oc(=O)[nH]c2c1. The lowest BCUT2D eigenvalue weighted by Crippen LogP contribution is -2.36. The molecule has 0 spiro atoms. The van der Waals surface area contributed by atoms with E-state index in [1.54, 1.807) is 18.2 Å². The van der Waals surface area contributed by atoms with Crippen molar-refractivity contribution in [3.63, 3.8) is 0 Å². The smallest absolute Gasteiger partial charge is 0.408 e. The quantitative estimate of drug-likeness (QED) is 0.869. The zero-order chi connectivity index (χ0) is 13.2. The van der Waals surface area contributed by atoms with Crippen molar-refractivity contribution in [3.05, 3.63) is 34.3 Å². The Balaban J connectivity index is 1.78. The number of hydrogen-bond donors (Lipinski definition) is 2. The molecule has 1 aliphatic rings.